The fourth-order valence-corrected chi connectivity index (χ4v) is 4.28. The maximum atomic E-state index is 6.63. The van der Waals surface area contributed by atoms with E-state index in [-0.39, 0.29) is 0 Å². The molecule has 36 heavy (non-hydrogen) atoms. The lowest BCUT2D eigenvalue weighted by Gasteiger charge is -2.31. The highest BCUT2D eigenvalue weighted by Crippen LogP contribution is 2.51. The van der Waals surface area contributed by atoms with Gasteiger partial charge in [-0.25, -0.2) is 0 Å². The number of hydrogen-bond donors (Lipinski definition) is 0. The molecule has 0 fully saturated rings. The molecule has 0 aliphatic carbocycles. The molecule has 0 amide bonds. The smallest absolute Gasteiger partial charge is 0.161 e. The summed E-state index contributed by atoms with van der Waals surface area (Å²) in [4.78, 5) is 0. The van der Waals surface area contributed by atoms with Crippen molar-refractivity contribution in [1.82, 2.24) is 0 Å². The Balaban J connectivity index is 2.01. The predicted octanol–water partition coefficient (Wildman–Crippen LogP) is 5.42. The van der Waals surface area contributed by atoms with E-state index in [0.717, 1.165) is 22.3 Å². The Morgan fingerprint density at radius 3 is 1.67 bits per heavy atom. The standard InChI is InChI=1S/C28H30O8/c1-29-17-11-22(32-4)19-15-20(27-25(34-6)13-18(30-2)14-26(27)35-7)28(36-23(19)12-17)16-8-9-21(31-3)24(10-16)33-5/h8-15,28H,1-7H3/t28-/m1/s1. The molecule has 1 atom stereocenters. The zero-order chi connectivity index (χ0) is 25.8. The van der Waals surface area contributed by atoms with Gasteiger partial charge in [0.2, 0.25) is 0 Å². The Hall–Kier alpha value is -4.20. The maximum Gasteiger partial charge on any atom is 0.161 e. The van der Waals surface area contributed by atoms with E-state index in [4.69, 9.17) is 37.9 Å². The molecule has 0 bridgehead atoms. The summed E-state index contributed by atoms with van der Waals surface area (Å²) in [7, 11) is 11.2. The Labute approximate surface area is 210 Å². The van der Waals surface area contributed by atoms with Crippen LogP contribution in [0.2, 0.25) is 0 Å². The number of rotatable bonds is 9. The van der Waals surface area contributed by atoms with E-state index in [1.54, 1.807) is 49.8 Å². The third kappa shape index (κ3) is 4.42. The van der Waals surface area contributed by atoms with Crippen LogP contribution >= 0.6 is 0 Å². The Bertz CT molecular complexity index is 1260. The summed E-state index contributed by atoms with van der Waals surface area (Å²) in [5.74, 6) is 4.79. The number of ether oxygens (including phenoxy) is 8. The molecule has 1 aliphatic rings. The van der Waals surface area contributed by atoms with Gasteiger partial charge in [0.15, 0.2) is 11.5 Å². The first-order valence-electron chi connectivity index (χ1n) is 11.2. The summed E-state index contributed by atoms with van der Waals surface area (Å²) in [5.41, 5.74) is 3.13. The largest absolute Gasteiger partial charge is 0.496 e. The van der Waals surface area contributed by atoms with Crippen LogP contribution in [-0.4, -0.2) is 49.8 Å². The van der Waals surface area contributed by atoms with Crippen molar-refractivity contribution in [2.45, 2.75) is 6.10 Å². The molecule has 0 unspecified atom stereocenters. The highest BCUT2D eigenvalue weighted by molar-refractivity contribution is 5.94. The van der Waals surface area contributed by atoms with Crippen molar-refractivity contribution in [3.63, 3.8) is 0 Å². The molecule has 0 aromatic heterocycles. The summed E-state index contributed by atoms with van der Waals surface area (Å²) in [6.45, 7) is 0. The SMILES string of the molecule is COc1cc(OC)c2c(c1)O[C@H](c1ccc(OC)c(OC)c1)C(c1c(OC)cc(OC)cc1OC)=C2. The minimum atomic E-state index is -0.551. The molecule has 1 aliphatic heterocycles. The van der Waals surface area contributed by atoms with Crippen LogP contribution < -0.4 is 37.9 Å². The van der Waals surface area contributed by atoms with Crippen LogP contribution in [0.3, 0.4) is 0 Å². The second-order valence-electron chi connectivity index (χ2n) is 7.86. The molecule has 3 aromatic carbocycles. The molecule has 0 radical (unpaired) electrons. The number of hydrogen-bond acceptors (Lipinski definition) is 8. The van der Waals surface area contributed by atoms with Crippen molar-refractivity contribution >= 4 is 11.6 Å². The van der Waals surface area contributed by atoms with Gasteiger partial charge in [0.25, 0.3) is 0 Å². The summed E-state index contributed by atoms with van der Waals surface area (Å²) in [5, 5.41) is 0. The summed E-state index contributed by atoms with van der Waals surface area (Å²) in [6, 6.07) is 12.9. The first-order chi connectivity index (χ1) is 17.5. The molecule has 4 rings (SSSR count). The maximum absolute atomic E-state index is 6.63. The Kier molecular flexibility index (Phi) is 7.33. The van der Waals surface area contributed by atoms with Gasteiger partial charge in [-0.3, -0.25) is 0 Å². The molecule has 190 valence electrons. The highest BCUT2D eigenvalue weighted by atomic mass is 16.5. The minimum Gasteiger partial charge on any atom is -0.496 e. The van der Waals surface area contributed by atoms with Crippen molar-refractivity contribution in [3.8, 4) is 46.0 Å². The van der Waals surface area contributed by atoms with Crippen LogP contribution in [0.1, 0.15) is 22.8 Å². The number of benzene rings is 3. The molecular formula is C28H30O8. The Morgan fingerprint density at radius 1 is 0.556 bits per heavy atom. The topological polar surface area (TPSA) is 73.8 Å². The van der Waals surface area contributed by atoms with Gasteiger partial charge in [-0.05, 0) is 18.2 Å². The van der Waals surface area contributed by atoms with E-state index >= 15 is 0 Å². The molecule has 8 nitrogen and oxygen atoms in total. The van der Waals surface area contributed by atoms with Crippen LogP contribution in [-0.2, 0) is 0 Å². The van der Waals surface area contributed by atoms with Crippen molar-refractivity contribution < 1.29 is 37.9 Å². The summed E-state index contributed by atoms with van der Waals surface area (Å²) < 4.78 is 45.8. The van der Waals surface area contributed by atoms with Gasteiger partial charge in [0.05, 0.1) is 60.9 Å². The van der Waals surface area contributed by atoms with Crippen LogP contribution in [0.25, 0.3) is 11.6 Å². The number of fused-ring (bicyclic) bond motifs is 1. The lowest BCUT2D eigenvalue weighted by atomic mass is 9.89. The van der Waals surface area contributed by atoms with Crippen molar-refractivity contribution in [1.29, 1.82) is 0 Å². The highest BCUT2D eigenvalue weighted by Gasteiger charge is 2.32. The lowest BCUT2D eigenvalue weighted by molar-refractivity contribution is 0.254. The average molecular weight is 495 g/mol. The van der Waals surface area contributed by atoms with Crippen LogP contribution in [0, 0.1) is 0 Å². The molecule has 0 saturated heterocycles. The zero-order valence-corrected chi connectivity index (χ0v) is 21.5. The molecule has 3 aromatic rings. The minimum absolute atomic E-state index is 0.551. The average Bonchev–Trinajstić information content (AvgIpc) is 2.94. The molecular weight excluding hydrogens is 464 g/mol. The van der Waals surface area contributed by atoms with E-state index < -0.39 is 6.10 Å². The molecule has 0 saturated carbocycles. The van der Waals surface area contributed by atoms with Crippen molar-refractivity contribution in [2.75, 3.05) is 49.8 Å². The van der Waals surface area contributed by atoms with Gasteiger partial charge >= 0.3 is 0 Å². The van der Waals surface area contributed by atoms with Crippen molar-refractivity contribution in [2.24, 2.45) is 0 Å². The van der Waals surface area contributed by atoms with Gasteiger partial charge in [-0.2, -0.15) is 0 Å². The quantitative estimate of drug-likeness (QED) is 0.390. The molecule has 1 heterocycles. The van der Waals surface area contributed by atoms with E-state index in [1.165, 1.54) is 0 Å². The van der Waals surface area contributed by atoms with Gasteiger partial charge in [0, 0.05) is 35.4 Å². The van der Waals surface area contributed by atoms with Crippen molar-refractivity contribution in [3.05, 3.63) is 59.2 Å². The van der Waals surface area contributed by atoms with E-state index in [2.05, 4.69) is 0 Å². The first kappa shape index (κ1) is 24.9. The summed E-state index contributed by atoms with van der Waals surface area (Å²) in [6.07, 6.45) is 1.47. The fourth-order valence-electron chi connectivity index (χ4n) is 4.28. The van der Waals surface area contributed by atoms with Gasteiger partial charge < -0.3 is 37.9 Å². The summed E-state index contributed by atoms with van der Waals surface area (Å²) >= 11 is 0. The van der Waals surface area contributed by atoms with Gasteiger partial charge in [0.1, 0.15) is 40.6 Å². The normalized spacial score (nSPS) is 14.1. The first-order valence-corrected chi connectivity index (χ1v) is 11.2. The van der Waals surface area contributed by atoms with E-state index in [0.29, 0.717) is 46.0 Å². The predicted molar refractivity (Wildman–Crippen MR) is 136 cm³/mol. The molecule has 0 N–H and O–H groups in total. The molecule has 0 spiro atoms. The second kappa shape index (κ2) is 10.6. The Morgan fingerprint density at radius 2 is 1.11 bits per heavy atom. The van der Waals surface area contributed by atoms with Crippen LogP contribution in [0.15, 0.2) is 42.5 Å². The second-order valence-corrected chi connectivity index (χ2v) is 7.86. The van der Waals surface area contributed by atoms with Gasteiger partial charge in [-0.15, -0.1) is 0 Å². The lowest BCUT2D eigenvalue weighted by Crippen LogP contribution is -2.16. The third-order valence-electron chi connectivity index (χ3n) is 6.07. The fraction of sp³-hybridized carbons (Fsp3) is 0.286. The van der Waals surface area contributed by atoms with E-state index in [9.17, 15) is 0 Å². The van der Waals surface area contributed by atoms with Crippen LogP contribution in [0.4, 0.5) is 0 Å². The number of methoxy groups -OCH3 is 7. The monoisotopic (exact) mass is 494 g/mol. The zero-order valence-electron chi connectivity index (χ0n) is 21.5. The third-order valence-corrected chi connectivity index (χ3v) is 6.07. The van der Waals surface area contributed by atoms with Crippen LogP contribution in [0.5, 0.6) is 46.0 Å². The molecule has 8 heteroatoms. The van der Waals surface area contributed by atoms with Gasteiger partial charge in [-0.1, -0.05) is 6.07 Å². The van der Waals surface area contributed by atoms with E-state index in [1.807, 2.05) is 48.5 Å².